The maximum Gasteiger partial charge on any atom is 0.252 e. The van der Waals surface area contributed by atoms with Crippen LogP contribution >= 0.6 is 0 Å². The molecule has 4 rings (SSSR count). The van der Waals surface area contributed by atoms with Crippen LogP contribution in [0.1, 0.15) is 22.8 Å². The SMILES string of the molecule is CCOc1cc2ncc(C(N)=O)c(Nc3cccc(F)c3C)c2cc1N1CCN(C)CC1. The Morgan fingerprint density at radius 2 is 2.00 bits per heavy atom. The lowest BCUT2D eigenvalue weighted by atomic mass is 10.1. The fourth-order valence-corrected chi connectivity index (χ4v) is 3.97. The Morgan fingerprint density at radius 1 is 1.25 bits per heavy atom. The van der Waals surface area contributed by atoms with Crippen LogP contribution in [-0.2, 0) is 0 Å². The number of primary amides is 1. The van der Waals surface area contributed by atoms with Gasteiger partial charge in [0.25, 0.3) is 5.91 Å². The van der Waals surface area contributed by atoms with Crippen molar-refractivity contribution >= 4 is 33.9 Å². The number of amides is 1. The zero-order valence-corrected chi connectivity index (χ0v) is 18.6. The number of hydrogen-bond acceptors (Lipinski definition) is 6. The van der Waals surface area contributed by atoms with E-state index in [1.54, 1.807) is 19.1 Å². The Hall–Kier alpha value is -3.39. The van der Waals surface area contributed by atoms with Gasteiger partial charge in [0, 0.05) is 55.1 Å². The average molecular weight is 438 g/mol. The molecule has 3 aromatic rings. The van der Waals surface area contributed by atoms with Crippen LogP contribution in [0, 0.1) is 12.7 Å². The minimum atomic E-state index is -0.606. The Labute approximate surface area is 187 Å². The van der Waals surface area contributed by atoms with Crippen molar-refractivity contribution in [1.29, 1.82) is 0 Å². The zero-order valence-electron chi connectivity index (χ0n) is 18.6. The van der Waals surface area contributed by atoms with E-state index < -0.39 is 5.91 Å². The van der Waals surface area contributed by atoms with Crippen LogP contribution in [0.5, 0.6) is 5.75 Å². The van der Waals surface area contributed by atoms with Gasteiger partial charge in [0.05, 0.1) is 29.1 Å². The molecule has 0 spiro atoms. The minimum absolute atomic E-state index is 0.245. The highest BCUT2D eigenvalue weighted by Gasteiger charge is 2.22. The number of likely N-dealkylation sites (N-methyl/N-ethyl adjacent to an activating group) is 1. The first-order valence-electron chi connectivity index (χ1n) is 10.7. The summed E-state index contributed by atoms with van der Waals surface area (Å²) in [4.78, 5) is 21.2. The van der Waals surface area contributed by atoms with E-state index in [9.17, 15) is 9.18 Å². The van der Waals surface area contributed by atoms with Crippen molar-refractivity contribution in [3.63, 3.8) is 0 Å². The first kappa shape index (κ1) is 21.8. The summed E-state index contributed by atoms with van der Waals surface area (Å²) in [5, 5.41) is 3.97. The molecule has 1 amide bonds. The topological polar surface area (TPSA) is 83.7 Å². The molecule has 1 aromatic heterocycles. The highest BCUT2D eigenvalue weighted by Crippen LogP contribution is 2.38. The molecular weight excluding hydrogens is 409 g/mol. The fraction of sp³-hybridized carbons (Fsp3) is 0.333. The number of nitrogens with one attached hydrogen (secondary N) is 1. The summed E-state index contributed by atoms with van der Waals surface area (Å²) in [6.07, 6.45) is 1.45. The molecular formula is C24H28FN5O2. The van der Waals surface area contributed by atoms with E-state index in [-0.39, 0.29) is 11.4 Å². The molecule has 1 aliphatic rings. The molecule has 0 bridgehead atoms. The number of piperazine rings is 1. The summed E-state index contributed by atoms with van der Waals surface area (Å²) < 4.78 is 20.1. The Morgan fingerprint density at radius 3 is 2.69 bits per heavy atom. The van der Waals surface area contributed by atoms with Crippen molar-refractivity contribution in [1.82, 2.24) is 9.88 Å². The highest BCUT2D eigenvalue weighted by molar-refractivity contribution is 6.08. The van der Waals surface area contributed by atoms with Crippen LogP contribution in [0.4, 0.5) is 21.5 Å². The van der Waals surface area contributed by atoms with Crippen LogP contribution in [0.15, 0.2) is 36.5 Å². The number of hydrogen-bond donors (Lipinski definition) is 2. The molecule has 2 aromatic carbocycles. The van der Waals surface area contributed by atoms with E-state index in [1.807, 2.05) is 19.1 Å². The number of fused-ring (bicyclic) bond motifs is 1. The summed E-state index contributed by atoms with van der Waals surface area (Å²) in [7, 11) is 2.10. The molecule has 0 unspecified atom stereocenters. The van der Waals surface area contributed by atoms with Crippen molar-refractivity contribution in [3.8, 4) is 5.75 Å². The van der Waals surface area contributed by atoms with Crippen molar-refractivity contribution < 1.29 is 13.9 Å². The second-order valence-corrected chi connectivity index (χ2v) is 8.01. The molecule has 32 heavy (non-hydrogen) atoms. The van der Waals surface area contributed by atoms with Crippen LogP contribution < -0.4 is 20.7 Å². The number of halogens is 1. The summed E-state index contributed by atoms with van der Waals surface area (Å²) in [5.41, 5.74) is 9.04. The quantitative estimate of drug-likeness (QED) is 0.612. The summed E-state index contributed by atoms with van der Waals surface area (Å²) >= 11 is 0. The molecule has 168 valence electrons. The van der Waals surface area contributed by atoms with Crippen LogP contribution in [-0.4, -0.2) is 55.6 Å². The van der Waals surface area contributed by atoms with Gasteiger partial charge in [-0.25, -0.2) is 4.39 Å². The minimum Gasteiger partial charge on any atom is -0.492 e. The molecule has 1 saturated heterocycles. The maximum absolute atomic E-state index is 14.2. The third-order valence-electron chi connectivity index (χ3n) is 5.89. The number of aromatic nitrogens is 1. The molecule has 0 saturated carbocycles. The number of nitrogens with two attached hydrogens (primary N) is 1. The van der Waals surface area contributed by atoms with Crippen molar-refractivity contribution in [2.45, 2.75) is 13.8 Å². The molecule has 3 N–H and O–H groups in total. The van der Waals surface area contributed by atoms with Gasteiger partial charge in [-0.15, -0.1) is 0 Å². The number of anilines is 3. The van der Waals surface area contributed by atoms with Crippen molar-refractivity contribution in [3.05, 3.63) is 53.5 Å². The van der Waals surface area contributed by atoms with Crippen molar-refractivity contribution in [2.24, 2.45) is 5.73 Å². The molecule has 0 aliphatic carbocycles. The zero-order chi connectivity index (χ0) is 22.8. The normalized spacial score (nSPS) is 14.6. The molecule has 7 nitrogen and oxygen atoms in total. The van der Waals surface area contributed by atoms with E-state index in [4.69, 9.17) is 10.5 Å². The van der Waals surface area contributed by atoms with Gasteiger partial charge in [0.2, 0.25) is 0 Å². The van der Waals surface area contributed by atoms with Gasteiger partial charge in [-0.3, -0.25) is 9.78 Å². The third kappa shape index (κ3) is 4.18. The first-order valence-corrected chi connectivity index (χ1v) is 10.7. The standard InChI is InChI=1S/C24H28FN5O2/c1-4-32-22-13-20-16(12-21(22)30-10-8-29(3)9-11-30)23(17(14-27-20)24(26)31)28-19-7-5-6-18(25)15(19)2/h5-7,12-14H,4,8-11H2,1-3H3,(H2,26,31)(H,27,28). The molecule has 1 fully saturated rings. The third-order valence-corrected chi connectivity index (χ3v) is 5.89. The van der Waals surface area contributed by atoms with Gasteiger partial charge in [-0.1, -0.05) is 6.07 Å². The van der Waals surface area contributed by atoms with Gasteiger partial charge < -0.3 is 25.6 Å². The lowest BCUT2D eigenvalue weighted by Gasteiger charge is -2.35. The number of rotatable bonds is 6. The maximum atomic E-state index is 14.2. The Balaban J connectivity index is 1.90. The smallest absolute Gasteiger partial charge is 0.252 e. The Bertz CT molecular complexity index is 1160. The number of carbonyl (C=O) groups excluding carboxylic acids is 1. The second kappa shape index (κ2) is 9.00. The largest absolute Gasteiger partial charge is 0.492 e. The van der Waals surface area contributed by atoms with Crippen LogP contribution in [0.2, 0.25) is 0 Å². The number of benzene rings is 2. The van der Waals surface area contributed by atoms with E-state index in [2.05, 4.69) is 27.1 Å². The van der Waals surface area contributed by atoms with Gasteiger partial charge in [0.15, 0.2) is 0 Å². The Kier molecular flexibility index (Phi) is 6.14. The lowest BCUT2D eigenvalue weighted by Crippen LogP contribution is -2.44. The monoisotopic (exact) mass is 437 g/mol. The highest BCUT2D eigenvalue weighted by atomic mass is 19.1. The first-order chi connectivity index (χ1) is 15.4. The summed E-state index contributed by atoms with van der Waals surface area (Å²) in [6.45, 7) is 7.76. The van der Waals surface area contributed by atoms with E-state index in [0.717, 1.165) is 43.0 Å². The lowest BCUT2D eigenvalue weighted by molar-refractivity contribution is 0.100. The molecule has 0 radical (unpaired) electrons. The van der Waals surface area contributed by atoms with Gasteiger partial charge >= 0.3 is 0 Å². The predicted molar refractivity (Wildman–Crippen MR) is 126 cm³/mol. The van der Waals surface area contributed by atoms with Gasteiger partial charge in [-0.05, 0) is 39.1 Å². The molecule has 0 atom stereocenters. The molecule has 2 heterocycles. The summed E-state index contributed by atoms with van der Waals surface area (Å²) in [5.74, 6) is -0.187. The van der Waals surface area contributed by atoms with E-state index in [0.29, 0.717) is 29.1 Å². The second-order valence-electron chi connectivity index (χ2n) is 8.01. The van der Waals surface area contributed by atoms with Crippen LogP contribution in [0.25, 0.3) is 10.9 Å². The number of nitrogens with zero attached hydrogens (tertiary/aromatic N) is 3. The molecule has 1 aliphatic heterocycles. The van der Waals surface area contributed by atoms with Crippen molar-refractivity contribution in [2.75, 3.05) is 50.1 Å². The fourth-order valence-electron chi connectivity index (χ4n) is 3.97. The number of pyridine rings is 1. The average Bonchev–Trinajstić information content (AvgIpc) is 2.77. The van der Waals surface area contributed by atoms with E-state index in [1.165, 1.54) is 12.3 Å². The summed E-state index contributed by atoms with van der Waals surface area (Å²) in [6, 6.07) is 8.68. The van der Waals surface area contributed by atoms with Crippen LogP contribution in [0.3, 0.4) is 0 Å². The van der Waals surface area contributed by atoms with E-state index >= 15 is 0 Å². The molecule has 8 heteroatoms. The predicted octanol–water partition coefficient (Wildman–Crippen LogP) is 3.68. The van der Waals surface area contributed by atoms with Gasteiger partial charge in [-0.2, -0.15) is 0 Å². The number of carbonyl (C=O) groups is 1. The number of ether oxygens (including phenoxy) is 1. The van der Waals surface area contributed by atoms with Gasteiger partial charge in [0.1, 0.15) is 11.6 Å².